The number of Topliss-reactive ketones (excluding diaryl/α,β-unsaturated/α-hetero) is 1. The number of pyridine rings is 1. The average molecular weight is 332 g/mol. The van der Waals surface area contributed by atoms with Gasteiger partial charge in [-0.1, -0.05) is 6.07 Å². The third-order valence-corrected chi connectivity index (χ3v) is 4.38. The SMILES string of the molecule is COc1ccc(CNC(=O)CCC(=O)c2cc(C)sc2C)cn1. The quantitative estimate of drug-likeness (QED) is 0.791. The Morgan fingerprint density at radius 2 is 2.04 bits per heavy atom. The first-order chi connectivity index (χ1) is 11.0. The van der Waals surface area contributed by atoms with Crippen LogP contribution in [0, 0.1) is 13.8 Å². The second-order valence-electron chi connectivity index (χ2n) is 5.24. The summed E-state index contributed by atoms with van der Waals surface area (Å²) in [6.07, 6.45) is 2.07. The van der Waals surface area contributed by atoms with Gasteiger partial charge in [-0.3, -0.25) is 9.59 Å². The summed E-state index contributed by atoms with van der Waals surface area (Å²) in [6, 6.07) is 5.48. The van der Waals surface area contributed by atoms with Crippen LogP contribution in [0.3, 0.4) is 0 Å². The average Bonchev–Trinajstić information content (AvgIpc) is 2.89. The predicted octanol–water partition coefficient (Wildman–Crippen LogP) is 3.05. The molecule has 0 atom stereocenters. The number of ketones is 1. The number of carbonyl (C=O) groups excluding carboxylic acids is 2. The van der Waals surface area contributed by atoms with Gasteiger partial charge in [-0.2, -0.15) is 0 Å². The standard InChI is InChI=1S/C17H20N2O3S/c1-11-8-14(12(2)23-11)15(20)5-6-16(21)18-9-13-4-7-17(22-3)19-10-13/h4,7-8,10H,5-6,9H2,1-3H3,(H,18,21). The van der Waals surface area contributed by atoms with Gasteiger partial charge in [0, 0.05) is 47.0 Å². The number of methoxy groups -OCH3 is 1. The molecule has 1 N–H and O–H groups in total. The molecule has 0 aliphatic carbocycles. The van der Waals surface area contributed by atoms with Gasteiger partial charge >= 0.3 is 0 Å². The van der Waals surface area contributed by atoms with Gasteiger partial charge in [0.2, 0.25) is 11.8 Å². The summed E-state index contributed by atoms with van der Waals surface area (Å²) in [5.74, 6) is 0.416. The zero-order valence-corrected chi connectivity index (χ0v) is 14.3. The summed E-state index contributed by atoms with van der Waals surface area (Å²) < 4.78 is 4.98. The van der Waals surface area contributed by atoms with Crippen molar-refractivity contribution in [2.24, 2.45) is 0 Å². The van der Waals surface area contributed by atoms with Crippen molar-refractivity contribution in [1.82, 2.24) is 10.3 Å². The Labute approximate surface area is 139 Å². The molecule has 0 spiro atoms. The predicted molar refractivity (Wildman–Crippen MR) is 90.0 cm³/mol. The first-order valence-corrected chi connectivity index (χ1v) is 8.17. The molecule has 0 aliphatic heterocycles. The summed E-state index contributed by atoms with van der Waals surface area (Å²) in [6.45, 7) is 4.30. The van der Waals surface area contributed by atoms with Gasteiger partial charge in [0.05, 0.1) is 7.11 Å². The molecule has 122 valence electrons. The zero-order chi connectivity index (χ0) is 16.8. The second-order valence-corrected chi connectivity index (χ2v) is 6.70. The Hall–Kier alpha value is -2.21. The molecule has 2 rings (SSSR count). The number of hydrogen-bond acceptors (Lipinski definition) is 5. The Kier molecular flexibility index (Phi) is 5.87. The van der Waals surface area contributed by atoms with Crippen LogP contribution in [-0.4, -0.2) is 23.8 Å². The van der Waals surface area contributed by atoms with Gasteiger partial charge in [-0.25, -0.2) is 4.98 Å². The highest BCUT2D eigenvalue weighted by Crippen LogP contribution is 2.22. The van der Waals surface area contributed by atoms with E-state index in [0.717, 1.165) is 20.9 Å². The number of rotatable bonds is 7. The lowest BCUT2D eigenvalue weighted by molar-refractivity contribution is -0.121. The molecule has 0 aromatic carbocycles. The van der Waals surface area contributed by atoms with E-state index in [2.05, 4.69) is 10.3 Å². The minimum Gasteiger partial charge on any atom is -0.481 e. The molecule has 0 bridgehead atoms. The van der Waals surface area contributed by atoms with Gasteiger partial charge in [0.25, 0.3) is 0 Å². The van der Waals surface area contributed by atoms with E-state index in [-0.39, 0.29) is 24.5 Å². The maximum atomic E-state index is 12.1. The Morgan fingerprint density at radius 3 is 2.61 bits per heavy atom. The third-order valence-electron chi connectivity index (χ3n) is 3.42. The van der Waals surface area contributed by atoms with Crippen LogP contribution in [-0.2, 0) is 11.3 Å². The van der Waals surface area contributed by atoms with Gasteiger partial charge < -0.3 is 10.1 Å². The van der Waals surface area contributed by atoms with Gasteiger partial charge in [0.15, 0.2) is 5.78 Å². The number of aromatic nitrogens is 1. The van der Waals surface area contributed by atoms with E-state index in [1.54, 1.807) is 30.7 Å². The van der Waals surface area contributed by atoms with Crippen molar-refractivity contribution in [2.45, 2.75) is 33.2 Å². The number of hydrogen-bond donors (Lipinski definition) is 1. The molecule has 6 heteroatoms. The van der Waals surface area contributed by atoms with Gasteiger partial charge in [-0.15, -0.1) is 11.3 Å². The maximum absolute atomic E-state index is 12.1. The van der Waals surface area contributed by atoms with Crippen LogP contribution >= 0.6 is 11.3 Å². The Balaban J connectivity index is 1.78. The van der Waals surface area contributed by atoms with E-state index in [1.165, 1.54) is 0 Å². The van der Waals surface area contributed by atoms with Crippen molar-refractivity contribution in [3.8, 4) is 5.88 Å². The van der Waals surface area contributed by atoms with E-state index >= 15 is 0 Å². The van der Waals surface area contributed by atoms with Crippen molar-refractivity contribution in [2.75, 3.05) is 7.11 Å². The summed E-state index contributed by atoms with van der Waals surface area (Å²) in [5.41, 5.74) is 1.62. The first-order valence-electron chi connectivity index (χ1n) is 7.35. The lowest BCUT2D eigenvalue weighted by atomic mass is 10.1. The number of ether oxygens (including phenoxy) is 1. The Morgan fingerprint density at radius 1 is 1.26 bits per heavy atom. The van der Waals surface area contributed by atoms with E-state index in [1.807, 2.05) is 26.0 Å². The summed E-state index contributed by atoms with van der Waals surface area (Å²) in [4.78, 5) is 30.2. The van der Waals surface area contributed by atoms with Crippen LogP contribution in [0.15, 0.2) is 24.4 Å². The molecule has 1 amide bonds. The molecule has 5 nitrogen and oxygen atoms in total. The molecule has 0 saturated carbocycles. The van der Waals surface area contributed by atoms with Crippen molar-refractivity contribution in [1.29, 1.82) is 0 Å². The topological polar surface area (TPSA) is 68.3 Å². The highest BCUT2D eigenvalue weighted by molar-refractivity contribution is 7.12. The smallest absolute Gasteiger partial charge is 0.220 e. The van der Waals surface area contributed by atoms with Crippen LogP contribution in [0.4, 0.5) is 0 Å². The largest absolute Gasteiger partial charge is 0.481 e. The number of nitrogens with one attached hydrogen (secondary N) is 1. The van der Waals surface area contributed by atoms with Crippen LogP contribution in [0.25, 0.3) is 0 Å². The van der Waals surface area contributed by atoms with E-state index < -0.39 is 0 Å². The van der Waals surface area contributed by atoms with Crippen LogP contribution < -0.4 is 10.1 Å². The fourth-order valence-corrected chi connectivity index (χ4v) is 3.14. The second kappa shape index (κ2) is 7.87. The number of amides is 1. The molecule has 2 aromatic heterocycles. The molecule has 0 saturated heterocycles. The van der Waals surface area contributed by atoms with Gasteiger partial charge in [-0.05, 0) is 25.5 Å². The van der Waals surface area contributed by atoms with E-state index in [9.17, 15) is 9.59 Å². The normalized spacial score (nSPS) is 10.4. The van der Waals surface area contributed by atoms with Crippen molar-refractivity contribution >= 4 is 23.0 Å². The summed E-state index contributed by atoms with van der Waals surface area (Å²) in [7, 11) is 1.55. The molecule has 0 unspecified atom stereocenters. The lowest BCUT2D eigenvalue weighted by Gasteiger charge is -2.06. The van der Waals surface area contributed by atoms with Gasteiger partial charge in [0.1, 0.15) is 0 Å². The Bertz CT molecular complexity index is 692. The van der Waals surface area contributed by atoms with Crippen molar-refractivity contribution in [3.63, 3.8) is 0 Å². The molecule has 0 fully saturated rings. The van der Waals surface area contributed by atoms with Crippen molar-refractivity contribution < 1.29 is 14.3 Å². The monoisotopic (exact) mass is 332 g/mol. The number of carbonyl (C=O) groups is 2. The molecule has 0 radical (unpaired) electrons. The molecule has 2 aromatic rings. The fourth-order valence-electron chi connectivity index (χ4n) is 2.19. The highest BCUT2D eigenvalue weighted by Gasteiger charge is 2.13. The number of thiophene rings is 1. The molecule has 2 heterocycles. The van der Waals surface area contributed by atoms with E-state index in [0.29, 0.717) is 12.4 Å². The van der Waals surface area contributed by atoms with Crippen LogP contribution in [0.5, 0.6) is 5.88 Å². The van der Waals surface area contributed by atoms with Crippen molar-refractivity contribution in [3.05, 3.63) is 45.3 Å². The minimum atomic E-state index is -0.140. The summed E-state index contributed by atoms with van der Waals surface area (Å²) >= 11 is 1.60. The lowest BCUT2D eigenvalue weighted by Crippen LogP contribution is -2.23. The van der Waals surface area contributed by atoms with E-state index in [4.69, 9.17) is 4.74 Å². The van der Waals surface area contributed by atoms with Crippen LogP contribution in [0.1, 0.15) is 38.5 Å². The maximum Gasteiger partial charge on any atom is 0.220 e. The molecular formula is C17H20N2O3S. The third kappa shape index (κ3) is 4.89. The minimum absolute atomic E-state index is 0.0214. The molecule has 23 heavy (non-hydrogen) atoms. The number of nitrogens with zero attached hydrogens (tertiary/aromatic N) is 1. The van der Waals surface area contributed by atoms with Crippen LogP contribution in [0.2, 0.25) is 0 Å². The molecule has 0 aliphatic rings. The number of aryl methyl sites for hydroxylation is 2. The summed E-state index contributed by atoms with van der Waals surface area (Å²) in [5, 5.41) is 2.79. The highest BCUT2D eigenvalue weighted by atomic mass is 32.1. The zero-order valence-electron chi connectivity index (χ0n) is 13.5. The fraction of sp³-hybridized carbons (Fsp3) is 0.353. The first kappa shape index (κ1) is 17.1. The molecular weight excluding hydrogens is 312 g/mol.